The summed E-state index contributed by atoms with van der Waals surface area (Å²) in [6.45, 7) is 0.358. The van der Waals surface area contributed by atoms with Gasteiger partial charge in [-0.2, -0.15) is 8.70 Å². The van der Waals surface area contributed by atoms with E-state index in [0.717, 1.165) is 16.2 Å². The highest BCUT2D eigenvalue weighted by molar-refractivity contribution is 7.81. The molecule has 3 aromatic carbocycles. The fourth-order valence-corrected chi connectivity index (χ4v) is 4.16. The average molecular weight is 376 g/mol. The molecule has 4 rings (SSSR count). The topological polar surface area (TPSA) is 59.0 Å². The van der Waals surface area contributed by atoms with E-state index in [1.54, 1.807) is 16.4 Å². The van der Waals surface area contributed by atoms with E-state index in [2.05, 4.69) is 4.40 Å². The minimum absolute atomic E-state index is 0.187. The van der Waals surface area contributed by atoms with Gasteiger partial charge in [0.15, 0.2) is 0 Å². The monoisotopic (exact) mass is 376 g/mol. The fraction of sp³-hybridized carbons (Fsp3) is 0.0952. The summed E-state index contributed by atoms with van der Waals surface area (Å²) in [6, 6.07) is 28.2. The maximum absolute atomic E-state index is 13.3. The molecule has 0 aliphatic carbocycles. The lowest BCUT2D eigenvalue weighted by molar-refractivity contribution is 0.210. The fourth-order valence-electron chi connectivity index (χ4n) is 3.08. The Morgan fingerprint density at radius 2 is 1.41 bits per heavy atom. The van der Waals surface area contributed by atoms with E-state index in [4.69, 9.17) is 0 Å². The summed E-state index contributed by atoms with van der Waals surface area (Å²) in [4.78, 5) is 0. The van der Waals surface area contributed by atoms with E-state index in [1.165, 1.54) is 0 Å². The van der Waals surface area contributed by atoms with Crippen LogP contribution in [0.15, 0.2) is 95.4 Å². The zero-order valence-corrected chi connectivity index (χ0v) is 15.3. The van der Waals surface area contributed by atoms with Gasteiger partial charge in [0.25, 0.3) is 0 Å². The van der Waals surface area contributed by atoms with Crippen molar-refractivity contribution in [3.05, 3.63) is 113 Å². The van der Waals surface area contributed by atoms with Crippen LogP contribution in [0.1, 0.15) is 22.9 Å². The van der Waals surface area contributed by atoms with Crippen molar-refractivity contribution in [2.75, 3.05) is 0 Å². The number of hydroxylamine groups is 2. The molecule has 5 nitrogen and oxygen atoms in total. The van der Waals surface area contributed by atoms with E-state index in [1.807, 2.05) is 78.9 Å². The first-order valence-corrected chi connectivity index (χ1v) is 9.68. The molecule has 2 unspecified atom stereocenters. The molecule has 0 fully saturated rings. The third-order valence-electron chi connectivity index (χ3n) is 4.38. The third kappa shape index (κ3) is 3.68. The molecule has 0 aromatic heterocycles. The number of rotatable bonds is 4. The van der Waals surface area contributed by atoms with Crippen LogP contribution in [-0.2, 0) is 17.7 Å². The summed E-state index contributed by atoms with van der Waals surface area (Å²) < 4.78 is 18.8. The van der Waals surface area contributed by atoms with Gasteiger partial charge in [0.2, 0.25) is 11.2 Å². The molecule has 1 aliphatic rings. The van der Waals surface area contributed by atoms with Gasteiger partial charge >= 0.3 is 0 Å². The largest absolute Gasteiger partial charge is 0.756 e. The smallest absolute Gasteiger partial charge is 0.223 e. The Morgan fingerprint density at radius 3 is 2.04 bits per heavy atom. The van der Waals surface area contributed by atoms with Crippen molar-refractivity contribution < 1.29 is 4.21 Å². The van der Waals surface area contributed by atoms with E-state index in [0.29, 0.717) is 12.1 Å². The van der Waals surface area contributed by atoms with Crippen LogP contribution in [0.2, 0.25) is 0 Å². The Hall–Kier alpha value is -2.80. The zero-order valence-electron chi connectivity index (χ0n) is 14.5. The minimum Gasteiger partial charge on any atom is -0.756 e. The molecule has 1 heterocycles. The second kappa shape index (κ2) is 7.84. The van der Waals surface area contributed by atoms with Gasteiger partial charge in [-0.3, -0.25) is 0 Å². The molecule has 1 aliphatic heterocycles. The number of nitrogens with zero attached hydrogens (tertiary/aromatic N) is 3. The van der Waals surface area contributed by atoms with Gasteiger partial charge in [-0.05, 0) is 11.1 Å². The van der Waals surface area contributed by atoms with Crippen LogP contribution in [0.4, 0.5) is 0 Å². The van der Waals surface area contributed by atoms with E-state index < -0.39 is 17.3 Å². The summed E-state index contributed by atoms with van der Waals surface area (Å²) in [7, 11) is 0. The lowest BCUT2D eigenvalue weighted by Crippen LogP contribution is -2.46. The predicted octanol–water partition coefficient (Wildman–Crippen LogP) is 4.03. The average Bonchev–Trinajstić information content (AvgIpc) is 2.73. The molecule has 0 saturated heterocycles. The van der Waals surface area contributed by atoms with Gasteiger partial charge in [0, 0.05) is 12.1 Å². The molecule has 0 amide bonds. The van der Waals surface area contributed by atoms with Crippen molar-refractivity contribution in [2.45, 2.75) is 12.7 Å². The third-order valence-corrected chi connectivity index (χ3v) is 5.44. The molecule has 6 heteroatoms. The van der Waals surface area contributed by atoms with Gasteiger partial charge in [0.1, 0.15) is 12.0 Å². The first-order chi connectivity index (χ1) is 13.2. The van der Waals surface area contributed by atoms with E-state index >= 15 is 0 Å². The quantitative estimate of drug-likeness (QED) is 0.691. The normalized spacial score (nSPS) is 20.3. The Bertz CT molecular complexity index is 949. The maximum Gasteiger partial charge on any atom is 0.223 e. The summed E-state index contributed by atoms with van der Waals surface area (Å²) >= 11 is -1.68. The molecular weight excluding hydrogens is 358 g/mol. The Labute approximate surface area is 160 Å². The summed E-state index contributed by atoms with van der Waals surface area (Å²) in [5.41, 5.74) is 2.40. The van der Waals surface area contributed by atoms with Gasteiger partial charge in [0.05, 0.1) is 0 Å². The highest BCUT2D eigenvalue weighted by Crippen LogP contribution is 2.33. The first kappa shape index (κ1) is 17.6. The maximum atomic E-state index is 13.3. The van der Waals surface area contributed by atoms with Gasteiger partial charge in [-0.15, -0.1) is 0 Å². The molecular formula is C21H18N3O2S-. The molecule has 2 atom stereocenters. The molecule has 0 bridgehead atoms. The standard InChI is InChI=1S/C21H18N3O2S/c25-24-20(18-12-6-2-7-13-18)22-27(26)23(16-17-10-4-1-5-11-17)21(24)19-14-8-3-9-15-19/h1-15,21H,16H2/q-1. The lowest BCUT2D eigenvalue weighted by Gasteiger charge is -2.47. The zero-order chi connectivity index (χ0) is 18.6. The SMILES string of the molecule is O=S1N=C(c2ccccc2)N([O-])C(c2ccccc2)N1Cc1ccccc1. The highest BCUT2D eigenvalue weighted by atomic mass is 32.2. The Kier molecular flexibility index (Phi) is 5.11. The molecule has 136 valence electrons. The molecule has 0 radical (unpaired) electrons. The van der Waals surface area contributed by atoms with Crippen molar-refractivity contribution in [1.29, 1.82) is 0 Å². The van der Waals surface area contributed by atoms with Crippen molar-refractivity contribution in [3.63, 3.8) is 0 Å². The number of hydrogen-bond acceptors (Lipinski definition) is 3. The van der Waals surface area contributed by atoms with E-state index in [-0.39, 0.29) is 5.84 Å². The van der Waals surface area contributed by atoms with Crippen LogP contribution in [0, 0.1) is 5.21 Å². The van der Waals surface area contributed by atoms with Crippen molar-refractivity contribution in [1.82, 2.24) is 9.37 Å². The molecule has 0 saturated carbocycles. The Morgan fingerprint density at radius 1 is 0.852 bits per heavy atom. The predicted molar refractivity (Wildman–Crippen MR) is 107 cm³/mol. The molecule has 3 aromatic rings. The molecule has 0 N–H and O–H groups in total. The van der Waals surface area contributed by atoms with Gasteiger partial charge < -0.3 is 10.3 Å². The van der Waals surface area contributed by atoms with Crippen LogP contribution in [0.25, 0.3) is 0 Å². The number of amidine groups is 1. The first-order valence-electron chi connectivity index (χ1n) is 8.62. The summed E-state index contributed by atoms with van der Waals surface area (Å²) in [6.07, 6.45) is -0.722. The Balaban J connectivity index is 1.77. The number of hydrogen-bond donors (Lipinski definition) is 0. The van der Waals surface area contributed by atoms with Crippen LogP contribution < -0.4 is 0 Å². The van der Waals surface area contributed by atoms with Crippen LogP contribution in [-0.4, -0.2) is 19.4 Å². The lowest BCUT2D eigenvalue weighted by atomic mass is 10.1. The van der Waals surface area contributed by atoms with E-state index in [9.17, 15) is 9.42 Å². The summed E-state index contributed by atoms with van der Waals surface area (Å²) in [5.74, 6) is 0.187. The second-order valence-corrected chi connectivity index (χ2v) is 7.30. The highest BCUT2D eigenvalue weighted by Gasteiger charge is 2.33. The minimum atomic E-state index is -1.68. The van der Waals surface area contributed by atoms with Crippen LogP contribution >= 0.6 is 0 Å². The van der Waals surface area contributed by atoms with Crippen molar-refractivity contribution in [3.8, 4) is 0 Å². The van der Waals surface area contributed by atoms with Crippen molar-refractivity contribution >= 4 is 17.0 Å². The molecule has 0 spiro atoms. The van der Waals surface area contributed by atoms with Crippen LogP contribution in [0.5, 0.6) is 0 Å². The van der Waals surface area contributed by atoms with Gasteiger partial charge in [-0.25, -0.2) is 4.21 Å². The summed E-state index contributed by atoms with van der Waals surface area (Å²) in [5, 5.41) is 14.1. The second-order valence-electron chi connectivity index (χ2n) is 6.18. The van der Waals surface area contributed by atoms with Gasteiger partial charge in [-0.1, -0.05) is 91.0 Å². The number of benzene rings is 3. The van der Waals surface area contributed by atoms with Crippen LogP contribution in [0.3, 0.4) is 0 Å². The van der Waals surface area contributed by atoms with Crippen molar-refractivity contribution in [2.24, 2.45) is 4.40 Å². The molecule has 27 heavy (non-hydrogen) atoms.